The van der Waals surface area contributed by atoms with E-state index in [9.17, 15) is 24.1 Å². The number of benzene rings is 2. The minimum Gasteiger partial charge on any atom is -0.316 e. The van der Waals surface area contributed by atoms with Gasteiger partial charge < -0.3 is 5.32 Å². The van der Waals surface area contributed by atoms with Crippen LogP contribution in [0.25, 0.3) is 11.0 Å². The number of nitrogens with one attached hydrogen (secondary N) is 1. The third-order valence-electron chi connectivity index (χ3n) is 4.70. The van der Waals surface area contributed by atoms with Crippen LogP contribution in [0.1, 0.15) is 15.9 Å². The van der Waals surface area contributed by atoms with E-state index < -0.39 is 22.2 Å². The number of hydrogen-bond acceptors (Lipinski definition) is 5. The number of aromatic nitrogens is 2. The summed E-state index contributed by atoms with van der Waals surface area (Å²) in [7, 11) is 0. The van der Waals surface area contributed by atoms with Gasteiger partial charge in [-0.15, -0.1) is 0 Å². The van der Waals surface area contributed by atoms with Gasteiger partial charge in [-0.1, -0.05) is 24.3 Å². The summed E-state index contributed by atoms with van der Waals surface area (Å²) in [6, 6.07) is 16.1. The van der Waals surface area contributed by atoms with E-state index in [0.717, 1.165) is 0 Å². The molecule has 1 N–H and O–H groups in total. The summed E-state index contributed by atoms with van der Waals surface area (Å²) in [5.41, 5.74) is -0.114. The normalized spacial score (nSPS) is 10.7. The SMILES string of the molecule is O=C(Nc1ccccc1[N+](=O)[O-])c1cc2cccnc2n(Cc2ccc(F)cc2)c1=O. The van der Waals surface area contributed by atoms with Gasteiger partial charge in [0, 0.05) is 17.6 Å². The zero-order valence-corrected chi connectivity index (χ0v) is 16.0. The average Bonchev–Trinajstić information content (AvgIpc) is 2.77. The van der Waals surface area contributed by atoms with Gasteiger partial charge in [-0.05, 0) is 42.0 Å². The molecular formula is C22H15FN4O4. The summed E-state index contributed by atoms with van der Waals surface area (Å²) >= 11 is 0. The van der Waals surface area contributed by atoms with Gasteiger partial charge >= 0.3 is 0 Å². The fourth-order valence-electron chi connectivity index (χ4n) is 3.22. The number of rotatable bonds is 5. The lowest BCUT2D eigenvalue weighted by atomic mass is 10.1. The average molecular weight is 418 g/mol. The second-order valence-corrected chi connectivity index (χ2v) is 6.72. The molecule has 1 amide bonds. The van der Waals surface area contributed by atoms with Crippen LogP contribution in [0.15, 0.2) is 77.7 Å². The first kappa shape index (κ1) is 19.9. The van der Waals surface area contributed by atoms with Crippen molar-refractivity contribution in [2.24, 2.45) is 0 Å². The number of halogens is 1. The Morgan fingerprint density at radius 1 is 1.10 bits per heavy atom. The number of para-hydroxylation sites is 2. The zero-order chi connectivity index (χ0) is 22.0. The van der Waals surface area contributed by atoms with Crippen LogP contribution in [0.5, 0.6) is 0 Å². The Hall–Kier alpha value is -4.40. The Bertz CT molecular complexity index is 1370. The number of carbonyl (C=O) groups excluding carboxylic acids is 1. The molecule has 8 nitrogen and oxygen atoms in total. The van der Waals surface area contributed by atoms with E-state index >= 15 is 0 Å². The predicted octanol–water partition coefficient (Wildman–Crippen LogP) is 3.74. The Morgan fingerprint density at radius 2 is 1.84 bits per heavy atom. The van der Waals surface area contributed by atoms with Gasteiger partial charge in [0.2, 0.25) is 0 Å². The molecule has 0 saturated heterocycles. The molecule has 0 aliphatic carbocycles. The summed E-state index contributed by atoms with van der Waals surface area (Å²) in [5, 5.41) is 14.2. The lowest BCUT2D eigenvalue weighted by Gasteiger charge is -2.12. The highest BCUT2D eigenvalue weighted by atomic mass is 19.1. The first-order chi connectivity index (χ1) is 14.9. The van der Waals surface area contributed by atoms with Gasteiger partial charge in [0.1, 0.15) is 22.7 Å². The summed E-state index contributed by atoms with van der Waals surface area (Å²) in [5.74, 6) is -1.19. The van der Waals surface area contributed by atoms with Crippen molar-refractivity contribution in [3.8, 4) is 0 Å². The van der Waals surface area contributed by atoms with Crippen molar-refractivity contribution in [1.82, 2.24) is 9.55 Å². The number of carbonyl (C=O) groups is 1. The molecule has 0 bridgehead atoms. The number of amides is 1. The van der Waals surface area contributed by atoms with Crippen LogP contribution in [-0.4, -0.2) is 20.4 Å². The lowest BCUT2D eigenvalue weighted by Crippen LogP contribution is -2.30. The molecule has 2 aromatic heterocycles. The molecule has 2 heterocycles. The van der Waals surface area contributed by atoms with E-state index in [2.05, 4.69) is 10.3 Å². The van der Waals surface area contributed by atoms with Crippen LogP contribution in [0.2, 0.25) is 0 Å². The first-order valence-electron chi connectivity index (χ1n) is 9.22. The molecule has 0 radical (unpaired) electrons. The number of nitrogens with zero attached hydrogens (tertiary/aromatic N) is 3. The molecule has 0 fully saturated rings. The maximum Gasteiger partial charge on any atom is 0.292 e. The quantitative estimate of drug-likeness (QED) is 0.392. The van der Waals surface area contributed by atoms with Gasteiger partial charge in [-0.25, -0.2) is 9.37 Å². The maximum atomic E-state index is 13.2. The topological polar surface area (TPSA) is 107 Å². The molecule has 0 atom stereocenters. The Labute approximate surface area is 174 Å². The van der Waals surface area contributed by atoms with E-state index in [0.29, 0.717) is 16.6 Å². The molecule has 4 aromatic rings. The van der Waals surface area contributed by atoms with E-state index in [4.69, 9.17) is 0 Å². The summed E-state index contributed by atoms with van der Waals surface area (Å²) < 4.78 is 14.6. The summed E-state index contributed by atoms with van der Waals surface area (Å²) in [6.07, 6.45) is 1.52. The van der Waals surface area contributed by atoms with E-state index in [1.54, 1.807) is 18.2 Å². The van der Waals surface area contributed by atoms with Gasteiger partial charge in [-0.2, -0.15) is 0 Å². The number of nitro groups is 1. The van der Waals surface area contributed by atoms with Crippen molar-refractivity contribution in [2.45, 2.75) is 6.54 Å². The third-order valence-corrected chi connectivity index (χ3v) is 4.70. The van der Waals surface area contributed by atoms with Gasteiger partial charge in [0.25, 0.3) is 17.2 Å². The Kier molecular flexibility index (Phi) is 5.23. The second-order valence-electron chi connectivity index (χ2n) is 6.72. The van der Waals surface area contributed by atoms with Crippen LogP contribution in [0.3, 0.4) is 0 Å². The molecule has 0 unspecified atom stereocenters. The Balaban J connectivity index is 1.79. The van der Waals surface area contributed by atoms with Gasteiger partial charge in [0.15, 0.2) is 0 Å². The van der Waals surface area contributed by atoms with Crippen LogP contribution >= 0.6 is 0 Å². The van der Waals surface area contributed by atoms with E-state index in [1.165, 1.54) is 59.3 Å². The number of fused-ring (bicyclic) bond motifs is 1. The fourth-order valence-corrected chi connectivity index (χ4v) is 3.22. The smallest absolute Gasteiger partial charge is 0.292 e. The maximum absolute atomic E-state index is 13.2. The fraction of sp³-hybridized carbons (Fsp3) is 0.0455. The molecular weight excluding hydrogens is 403 g/mol. The van der Waals surface area contributed by atoms with Crippen LogP contribution in [0.4, 0.5) is 15.8 Å². The highest BCUT2D eigenvalue weighted by molar-refractivity contribution is 6.06. The molecule has 0 spiro atoms. The monoisotopic (exact) mass is 418 g/mol. The third kappa shape index (κ3) is 4.01. The molecule has 0 saturated carbocycles. The predicted molar refractivity (Wildman–Crippen MR) is 113 cm³/mol. The highest BCUT2D eigenvalue weighted by Crippen LogP contribution is 2.24. The van der Waals surface area contributed by atoms with Gasteiger partial charge in [-0.3, -0.25) is 24.3 Å². The minimum atomic E-state index is -0.780. The molecule has 154 valence electrons. The number of nitro benzene ring substituents is 1. The van der Waals surface area contributed by atoms with Crippen molar-refractivity contribution in [3.05, 3.63) is 110 Å². The van der Waals surface area contributed by atoms with Gasteiger partial charge in [0.05, 0.1) is 11.5 Å². The van der Waals surface area contributed by atoms with Crippen LogP contribution in [0, 0.1) is 15.9 Å². The molecule has 0 aliphatic rings. The minimum absolute atomic E-state index is 0.0201. The highest BCUT2D eigenvalue weighted by Gasteiger charge is 2.20. The van der Waals surface area contributed by atoms with Crippen molar-refractivity contribution in [1.29, 1.82) is 0 Å². The molecule has 9 heteroatoms. The first-order valence-corrected chi connectivity index (χ1v) is 9.22. The second kappa shape index (κ2) is 8.15. The lowest BCUT2D eigenvalue weighted by molar-refractivity contribution is -0.383. The van der Waals surface area contributed by atoms with Crippen molar-refractivity contribution >= 4 is 28.3 Å². The van der Waals surface area contributed by atoms with E-state index in [-0.39, 0.29) is 23.5 Å². The molecule has 0 aliphatic heterocycles. The zero-order valence-electron chi connectivity index (χ0n) is 16.0. The van der Waals surface area contributed by atoms with Crippen LogP contribution in [-0.2, 0) is 6.54 Å². The summed E-state index contributed by atoms with van der Waals surface area (Å²) in [4.78, 5) is 40.9. The van der Waals surface area contributed by atoms with Crippen molar-refractivity contribution in [3.63, 3.8) is 0 Å². The molecule has 4 rings (SSSR count). The standard InChI is InChI=1S/C22H15FN4O4/c23-16-9-7-14(8-10-16)13-26-20-15(4-3-11-24-20)12-17(22(26)29)21(28)25-18-5-1-2-6-19(18)27(30)31/h1-12H,13H2,(H,25,28). The van der Waals surface area contributed by atoms with E-state index in [1.807, 2.05) is 0 Å². The van der Waals surface area contributed by atoms with Crippen molar-refractivity contribution < 1.29 is 14.1 Å². The Morgan fingerprint density at radius 3 is 2.58 bits per heavy atom. The van der Waals surface area contributed by atoms with Crippen molar-refractivity contribution in [2.75, 3.05) is 5.32 Å². The summed E-state index contributed by atoms with van der Waals surface area (Å²) in [6.45, 7) is 0.0687. The van der Waals surface area contributed by atoms with Crippen LogP contribution < -0.4 is 10.9 Å². The largest absolute Gasteiger partial charge is 0.316 e. The molecule has 31 heavy (non-hydrogen) atoms. The number of pyridine rings is 2. The number of hydrogen-bond donors (Lipinski definition) is 1. The molecule has 2 aromatic carbocycles. The number of anilines is 1.